The lowest BCUT2D eigenvalue weighted by atomic mass is 9.97. The number of carbonyl (C=O) groups excluding carboxylic acids is 2. The van der Waals surface area contributed by atoms with Crippen LogP contribution in [0.1, 0.15) is 51.9 Å². The van der Waals surface area contributed by atoms with E-state index in [4.69, 9.17) is 11.5 Å². The lowest BCUT2D eigenvalue weighted by Crippen LogP contribution is -2.41. The molecule has 2 aromatic carbocycles. The van der Waals surface area contributed by atoms with Crippen LogP contribution in [0, 0.1) is 19.8 Å². The molecule has 1 atom stereocenters. The van der Waals surface area contributed by atoms with Gasteiger partial charge in [-0.3, -0.25) is 14.4 Å². The zero-order valence-corrected chi connectivity index (χ0v) is 26.4. The topological polar surface area (TPSA) is 148 Å². The molecule has 3 heterocycles. The molecule has 2 amide bonds. The zero-order valence-electron chi connectivity index (χ0n) is 25.6. The van der Waals surface area contributed by atoms with Crippen LogP contribution in [0.25, 0.3) is 11.3 Å². The summed E-state index contributed by atoms with van der Waals surface area (Å²) in [6.07, 6.45) is 5.30. The number of nitrogen functional groups attached to an aromatic ring is 1. The molecule has 230 valence electrons. The molecule has 10 nitrogen and oxygen atoms in total. The average molecular weight is 614 g/mol. The number of nitrogens with two attached hydrogens (primary N) is 2. The third-order valence-electron chi connectivity index (χ3n) is 8.15. The number of benzene rings is 2. The second kappa shape index (κ2) is 12.9. The number of aryl methyl sites for hydroxylation is 3. The highest BCUT2D eigenvalue weighted by Crippen LogP contribution is 2.32. The van der Waals surface area contributed by atoms with Crippen molar-refractivity contribution >= 4 is 51.7 Å². The number of piperidine rings is 1. The molecule has 44 heavy (non-hydrogen) atoms. The summed E-state index contributed by atoms with van der Waals surface area (Å²) < 4.78 is 1.48. The van der Waals surface area contributed by atoms with Crippen molar-refractivity contribution in [2.75, 3.05) is 34.4 Å². The Labute approximate surface area is 261 Å². The predicted molar refractivity (Wildman–Crippen MR) is 179 cm³/mol. The van der Waals surface area contributed by atoms with Crippen LogP contribution in [0.4, 0.5) is 28.6 Å². The lowest BCUT2D eigenvalue weighted by molar-refractivity contribution is -0.122. The maximum Gasteiger partial charge on any atom is 0.293 e. The first-order valence-corrected chi connectivity index (χ1v) is 15.7. The molecule has 1 unspecified atom stereocenters. The summed E-state index contributed by atoms with van der Waals surface area (Å²) in [6, 6.07) is 13.1. The van der Waals surface area contributed by atoms with Gasteiger partial charge in [0.25, 0.3) is 11.5 Å². The molecule has 0 bridgehead atoms. The quantitative estimate of drug-likeness (QED) is 0.186. The average Bonchev–Trinajstić information content (AvgIpc) is 3.37. The number of amides is 2. The highest BCUT2D eigenvalue weighted by Gasteiger charge is 2.25. The van der Waals surface area contributed by atoms with Crippen molar-refractivity contribution in [2.24, 2.45) is 18.7 Å². The van der Waals surface area contributed by atoms with E-state index in [0.717, 1.165) is 53.9 Å². The van der Waals surface area contributed by atoms with Gasteiger partial charge in [-0.25, -0.2) is 4.98 Å². The second-order valence-electron chi connectivity index (χ2n) is 11.4. The molecule has 0 aliphatic carbocycles. The van der Waals surface area contributed by atoms with Crippen LogP contribution in [0.15, 0.2) is 53.5 Å². The number of nitrogens with zero attached hydrogens (tertiary/aromatic N) is 3. The van der Waals surface area contributed by atoms with Crippen LogP contribution in [-0.2, 0) is 18.3 Å². The number of carbonyl (C=O) groups is 2. The standard InChI is InChI=1S/C33H39N7O3S/c1-5-8-21-15-29(44-20(21)3)32(42)38-26-11-6-10-24(19(26)2)27-18-39(4)33(43)31(37-27)36-23-12-13-28(25(34)16-23)40-14-7-9-22(17-40)30(35)41/h6,10-13,15-16,18,22H,5,7-9,14,17,34H2,1-4H3,(H2,35,41)(H,36,37)(H,38,42). The molecule has 0 spiro atoms. The second-order valence-corrected chi connectivity index (χ2v) is 12.6. The smallest absolute Gasteiger partial charge is 0.293 e. The van der Waals surface area contributed by atoms with E-state index < -0.39 is 0 Å². The number of thiophene rings is 1. The van der Waals surface area contributed by atoms with Crippen LogP contribution in [0.5, 0.6) is 0 Å². The van der Waals surface area contributed by atoms with E-state index in [1.54, 1.807) is 19.3 Å². The van der Waals surface area contributed by atoms with Gasteiger partial charge in [0.05, 0.1) is 27.9 Å². The van der Waals surface area contributed by atoms with Gasteiger partial charge < -0.3 is 31.6 Å². The molecule has 1 aliphatic rings. The van der Waals surface area contributed by atoms with Gasteiger partial charge >= 0.3 is 0 Å². The van der Waals surface area contributed by atoms with Crippen LogP contribution >= 0.6 is 11.3 Å². The predicted octanol–water partition coefficient (Wildman–Crippen LogP) is 5.36. The van der Waals surface area contributed by atoms with Crippen molar-refractivity contribution in [1.29, 1.82) is 0 Å². The minimum absolute atomic E-state index is 0.146. The Bertz CT molecular complexity index is 1780. The Hall–Kier alpha value is -4.64. The highest BCUT2D eigenvalue weighted by molar-refractivity contribution is 7.14. The fourth-order valence-corrected chi connectivity index (χ4v) is 6.65. The number of hydrogen-bond acceptors (Lipinski definition) is 8. The maximum absolute atomic E-state index is 13.1. The molecule has 5 rings (SSSR count). The van der Waals surface area contributed by atoms with Crippen LogP contribution < -0.4 is 32.6 Å². The SMILES string of the molecule is CCCc1cc(C(=O)Nc2cccc(-c3cn(C)c(=O)c(Nc4ccc(N5CCCC(C(N)=O)C5)c(N)c4)n3)c2C)sc1C. The highest BCUT2D eigenvalue weighted by atomic mass is 32.1. The van der Waals surface area contributed by atoms with Gasteiger partial charge in [0.15, 0.2) is 5.82 Å². The third-order valence-corrected chi connectivity index (χ3v) is 9.24. The zero-order chi connectivity index (χ0) is 31.5. The van der Waals surface area contributed by atoms with Crippen LogP contribution in [-0.4, -0.2) is 34.5 Å². The van der Waals surface area contributed by atoms with Crippen molar-refractivity contribution in [2.45, 2.75) is 46.5 Å². The van der Waals surface area contributed by atoms with Crippen molar-refractivity contribution in [3.05, 3.63) is 79.9 Å². The van der Waals surface area contributed by atoms with Gasteiger partial charge in [-0.2, -0.15) is 0 Å². The number of aromatic nitrogens is 2. The Morgan fingerprint density at radius 1 is 1.16 bits per heavy atom. The number of nitrogens with one attached hydrogen (secondary N) is 2. The first-order valence-electron chi connectivity index (χ1n) is 14.8. The van der Waals surface area contributed by atoms with E-state index in [1.807, 2.05) is 50.2 Å². The van der Waals surface area contributed by atoms with Crippen molar-refractivity contribution < 1.29 is 9.59 Å². The van der Waals surface area contributed by atoms with Crippen molar-refractivity contribution in [1.82, 2.24) is 9.55 Å². The molecule has 1 fully saturated rings. The van der Waals surface area contributed by atoms with Crippen molar-refractivity contribution in [3.63, 3.8) is 0 Å². The minimum Gasteiger partial charge on any atom is -0.397 e. The summed E-state index contributed by atoms with van der Waals surface area (Å²) in [6.45, 7) is 7.42. The normalized spacial score (nSPS) is 14.8. The minimum atomic E-state index is -0.296. The maximum atomic E-state index is 13.1. The lowest BCUT2D eigenvalue weighted by Gasteiger charge is -2.33. The summed E-state index contributed by atoms with van der Waals surface area (Å²) in [5, 5.41) is 6.20. The molecule has 1 aliphatic heterocycles. The van der Waals surface area contributed by atoms with E-state index in [9.17, 15) is 14.4 Å². The molecular formula is C33H39N7O3S. The van der Waals surface area contributed by atoms with Gasteiger partial charge in [0.1, 0.15) is 0 Å². The molecule has 2 aromatic heterocycles. The summed E-state index contributed by atoms with van der Waals surface area (Å²) in [5.41, 5.74) is 17.7. The van der Waals surface area contributed by atoms with E-state index in [1.165, 1.54) is 21.5 Å². The van der Waals surface area contributed by atoms with E-state index in [-0.39, 0.29) is 29.1 Å². The molecule has 6 N–H and O–H groups in total. The molecular weight excluding hydrogens is 574 g/mol. The Morgan fingerprint density at radius 3 is 2.68 bits per heavy atom. The van der Waals surface area contributed by atoms with Crippen LogP contribution in [0.3, 0.4) is 0 Å². The number of hydrogen-bond donors (Lipinski definition) is 4. The summed E-state index contributed by atoms with van der Waals surface area (Å²) in [4.78, 5) is 46.6. The summed E-state index contributed by atoms with van der Waals surface area (Å²) in [7, 11) is 1.68. The Kier molecular flexibility index (Phi) is 9.05. The van der Waals surface area contributed by atoms with Gasteiger partial charge in [-0.15, -0.1) is 11.3 Å². The van der Waals surface area contributed by atoms with Gasteiger partial charge in [0.2, 0.25) is 5.91 Å². The number of rotatable bonds is 9. The summed E-state index contributed by atoms with van der Waals surface area (Å²) in [5.74, 6) is -0.498. The Morgan fingerprint density at radius 2 is 1.95 bits per heavy atom. The van der Waals surface area contributed by atoms with Crippen molar-refractivity contribution in [3.8, 4) is 11.3 Å². The fourth-order valence-electron chi connectivity index (χ4n) is 5.68. The van der Waals surface area contributed by atoms with Gasteiger partial charge in [-0.05, 0) is 74.6 Å². The molecule has 11 heteroatoms. The first kappa shape index (κ1) is 30.8. The van der Waals surface area contributed by atoms with Crippen LogP contribution in [0.2, 0.25) is 0 Å². The van der Waals surface area contributed by atoms with E-state index >= 15 is 0 Å². The Balaban J connectivity index is 1.38. The summed E-state index contributed by atoms with van der Waals surface area (Å²) >= 11 is 1.50. The number of anilines is 5. The monoisotopic (exact) mass is 613 g/mol. The van der Waals surface area contributed by atoms with E-state index in [0.29, 0.717) is 34.2 Å². The third kappa shape index (κ3) is 6.47. The fraction of sp³-hybridized carbons (Fsp3) is 0.333. The molecule has 4 aromatic rings. The first-order chi connectivity index (χ1) is 21.0. The molecule has 0 radical (unpaired) electrons. The largest absolute Gasteiger partial charge is 0.397 e. The van der Waals surface area contributed by atoms with E-state index in [2.05, 4.69) is 27.4 Å². The molecule has 1 saturated heterocycles. The molecule has 0 saturated carbocycles. The van der Waals surface area contributed by atoms with Gasteiger partial charge in [-0.1, -0.05) is 25.5 Å². The number of primary amides is 1. The van der Waals surface area contributed by atoms with Gasteiger partial charge in [0, 0.05) is 48.1 Å².